The predicted molar refractivity (Wildman–Crippen MR) is 116 cm³/mol. The average molecular weight is 432 g/mol. The molecular weight excluding hydrogens is 400 g/mol. The summed E-state index contributed by atoms with van der Waals surface area (Å²) in [6.45, 7) is 9.21. The van der Waals surface area contributed by atoms with Gasteiger partial charge in [-0.3, -0.25) is 9.78 Å². The lowest BCUT2D eigenvalue weighted by molar-refractivity contribution is 0.0504. The number of hydrogen-bond donors (Lipinski definition) is 1. The van der Waals surface area contributed by atoms with E-state index in [1.807, 2.05) is 44.7 Å². The number of hydrogen-bond acceptors (Lipinski definition) is 4. The van der Waals surface area contributed by atoms with Gasteiger partial charge in [-0.05, 0) is 44.2 Å². The number of nitrogens with zero attached hydrogens (tertiary/aromatic N) is 4. The fraction of sp³-hybridized carbons (Fsp3) is 0.609. The summed E-state index contributed by atoms with van der Waals surface area (Å²) in [6.07, 6.45) is 1.19. The van der Waals surface area contributed by atoms with Gasteiger partial charge in [0.25, 0.3) is 12.3 Å². The Morgan fingerprint density at radius 3 is 2.71 bits per heavy atom. The van der Waals surface area contributed by atoms with E-state index < -0.39 is 12.5 Å². The molecule has 4 heterocycles. The summed E-state index contributed by atoms with van der Waals surface area (Å²) in [6, 6.07) is 4.45. The number of rotatable bonds is 3. The van der Waals surface area contributed by atoms with Crippen molar-refractivity contribution in [3.8, 4) is 0 Å². The molecule has 0 aromatic carbocycles. The molecule has 2 aromatic heterocycles. The van der Waals surface area contributed by atoms with Gasteiger partial charge in [0.05, 0.1) is 11.3 Å². The summed E-state index contributed by atoms with van der Waals surface area (Å²) in [4.78, 5) is 19.0. The Bertz CT molecular complexity index is 934. The number of alkyl halides is 2. The molecule has 1 unspecified atom stereocenters. The first-order valence-corrected chi connectivity index (χ1v) is 11.0. The summed E-state index contributed by atoms with van der Waals surface area (Å²) in [5.74, 6) is 0.718. The maximum Gasteiger partial charge on any atom is 0.260 e. The maximum atomic E-state index is 13.9. The Hall–Kier alpha value is -2.51. The fourth-order valence-electron chi connectivity index (χ4n) is 4.55. The predicted octanol–water partition coefficient (Wildman–Crippen LogP) is 4.43. The van der Waals surface area contributed by atoms with Crippen LogP contribution in [0.3, 0.4) is 0 Å². The molecule has 0 bridgehead atoms. The topological polar surface area (TPSA) is 63.1 Å². The van der Waals surface area contributed by atoms with E-state index >= 15 is 0 Å². The second kappa shape index (κ2) is 8.20. The van der Waals surface area contributed by atoms with Crippen LogP contribution in [0.25, 0.3) is 0 Å². The standard InChI is InChI=1S/C23H31F2N5O/c1-14-7-8-15(12-26-14)22(31)29-9-5-6-16(13-29)17-10-18(21(24)25)30-20(27-17)11-19(28-30)23(2,3)4/h7-8,11-12,16-18,21,27H,5-6,9-10,13H2,1-4H3/t16?,17-,18+/m0/s1. The number of piperidine rings is 1. The Morgan fingerprint density at radius 2 is 2.06 bits per heavy atom. The molecule has 31 heavy (non-hydrogen) atoms. The molecule has 0 aliphatic carbocycles. The minimum Gasteiger partial charge on any atom is -0.367 e. The van der Waals surface area contributed by atoms with Gasteiger partial charge in [-0.25, -0.2) is 13.5 Å². The summed E-state index contributed by atoms with van der Waals surface area (Å²) in [5, 5.41) is 7.96. The molecule has 0 spiro atoms. The van der Waals surface area contributed by atoms with Gasteiger partial charge in [-0.1, -0.05) is 20.8 Å². The number of halogens is 2. The zero-order valence-electron chi connectivity index (χ0n) is 18.6. The van der Waals surface area contributed by atoms with Gasteiger partial charge < -0.3 is 10.2 Å². The summed E-state index contributed by atoms with van der Waals surface area (Å²) in [7, 11) is 0. The molecule has 1 saturated heterocycles. The third-order valence-corrected chi connectivity index (χ3v) is 6.41. The Balaban J connectivity index is 1.53. The monoisotopic (exact) mass is 431 g/mol. The van der Waals surface area contributed by atoms with E-state index in [1.165, 1.54) is 4.68 Å². The van der Waals surface area contributed by atoms with Crippen LogP contribution < -0.4 is 5.32 Å². The molecule has 2 aromatic rings. The normalized spacial score (nSPS) is 24.1. The second-order valence-electron chi connectivity index (χ2n) is 9.84. The quantitative estimate of drug-likeness (QED) is 0.781. The SMILES string of the molecule is Cc1ccc(C(=O)N2CCCC([C@@H]3C[C@H](C(F)F)n4nc(C(C)(C)C)cc4N3)C2)cn1. The minimum absolute atomic E-state index is 0.0431. The molecule has 1 amide bonds. The molecule has 2 aliphatic rings. The van der Waals surface area contributed by atoms with Crippen LogP contribution in [0.1, 0.15) is 67.8 Å². The highest BCUT2D eigenvalue weighted by molar-refractivity contribution is 5.94. The lowest BCUT2D eigenvalue weighted by atomic mass is 9.85. The van der Waals surface area contributed by atoms with Crippen molar-refractivity contribution < 1.29 is 13.6 Å². The maximum absolute atomic E-state index is 13.9. The van der Waals surface area contributed by atoms with Crippen LogP contribution in [-0.4, -0.2) is 51.1 Å². The smallest absolute Gasteiger partial charge is 0.260 e. The number of carbonyl (C=O) groups is 1. The van der Waals surface area contributed by atoms with Crippen LogP contribution in [0.4, 0.5) is 14.6 Å². The summed E-state index contributed by atoms with van der Waals surface area (Å²) >= 11 is 0. The van der Waals surface area contributed by atoms with E-state index in [-0.39, 0.29) is 23.3 Å². The van der Waals surface area contributed by atoms with Crippen LogP contribution in [0, 0.1) is 12.8 Å². The number of amides is 1. The van der Waals surface area contributed by atoms with Gasteiger partial charge in [0.15, 0.2) is 0 Å². The van der Waals surface area contributed by atoms with Crippen molar-refractivity contribution in [2.24, 2.45) is 5.92 Å². The Morgan fingerprint density at radius 1 is 1.29 bits per heavy atom. The van der Waals surface area contributed by atoms with Crippen molar-refractivity contribution in [3.63, 3.8) is 0 Å². The number of aryl methyl sites for hydroxylation is 1. The van der Waals surface area contributed by atoms with Crippen molar-refractivity contribution in [3.05, 3.63) is 41.3 Å². The van der Waals surface area contributed by atoms with E-state index in [2.05, 4.69) is 15.4 Å². The zero-order chi connectivity index (χ0) is 22.3. The number of nitrogens with one attached hydrogen (secondary N) is 1. The molecule has 4 rings (SSSR count). The second-order valence-corrected chi connectivity index (χ2v) is 9.84. The van der Waals surface area contributed by atoms with Crippen molar-refractivity contribution in [1.29, 1.82) is 0 Å². The first kappa shape index (κ1) is 21.7. The molecule has 1 N–H and O–H groups in total. The number of pyridine rings is 1. The molecule has 3 atom stereocenters. The minimum atomic E-state index is -2.49. The van der Waals surface area contributed by atoms with Gasteiger partial charge >= 0.3 is 0 Å². The third-order valence-electron chi connectivity index (χ3n) is 6.41. The van der Waals surface area contributed by atoms with Crippen molar-refractivity contribution >= 4 is 11.7 Å². The molecule has 1 fully saturated rings. The van der Waals surface area contributed by atoms with Crippen LogP contribution in [0.5, 0.6) is 0 Å². The van der Waals surface area contributed by atoms with Gasteiger partial charge in [-0.2, -0.15) is 5.10 Å². The lowest BCUT2D eigenvalue weighted by Crippen LogP contribution is -2.48. The van der Waals surface area contributed by atoms with Gasteiger partial charge in [0.2, 0.25) is 0 Å². The van der Waals surface area contributed by atoms with Gasteiger partial charge in [-0.15, -0.1) is 0 Å². The number of anilines is 1. The number of fused-ring (bicyclic) bond motifs is 1. The lowest BCUT2D eigenvalue weighted by Gasteiger charge is -2.41. The van der Waals surface area contributed by atoms with Gasteiger partial charge in [0.1, 0.15) is 11.9 Å². The molecular formula is C23H31F2N5O. The summed E-state index contributed by atoms with van der Waals surface area (Å²) < 4.78 is 29.4. The highest BCUT2D eigenvalue weighted by Crippen LogP contribution is 2.38. The van der Waals surface area contributed by atoms with Crippen LogP contribution in [-0.2, 0) is 5.41 Å². The Kier molecular flexibility index (Phi) is 5.75. The largest absolute Gasteiger partial charge is 0.367 e. The molecule has 6 nitrogen and oxygen atoms in total. The third kappa shape index (κ3) is 4.43. The molecule has 0 saturated carbocycles. The highest BCUT2D eigenvalue weighted by atomic mass is 19.3. The first-order valence-electron chi connectivity index (χ1n) is 11.0. The van der Waals surface area contributed by atoms with Crippen molar-refractivity contribution in [1.82, 2.24) is 19.7 Å². The highest BCUT2D eigenvalue weighted by Gasteiger charge is 2.39. The Labute approximate surface area is 182 Å². The average Bonchev–Trinajstić information content (AvgIpc) is 3.18. The molecule has 0 radical (unpaired) electrons. The number of likely N-dealkylation sites (tertiary alicyclic amines) is 1. The molecule has 168 valence electrons. The van der Waals surface area contributed by atoms with Crippen molar-refractivity contribution in [2.45, 2.75) is 70.9 Å². The number of aromatic nitrogens is 3. The van der Waals surface area contributed by atoms with E-state index in [4.69, 9.17) is 0 Å². The van der Waals surface area contributed by atoms with E-state index in [1.54, 1.807) is 12.3 Å². The van der Waals surface area contributed by atoms with E-state index in [9.17, 15) is 13.6 Å². The molecule has 2 aliphatic heterocycles. The summed E-state index contributed by atoms with van der Waals surface area (Å²) in [5.41, 5.74) is 2.02. The van der Waals surface area contributed by atoms with Crippen LogP contribution >= 0.6 is 0 Å². The fourth-order valence-corrected chi connectivity index (χ4v) is 4.55. The van der Waals surface area contributed by atoms with Gasteiger partial charge in [0, 0.05) is 42.5 Å². The van der Waals surface area contributed by atoms with Crippen LogP contribution in [0.15, 0.2) is 24.4 Å². The molecule has 8 heteroatoms. The number of carbonyl (C=O) groups excluding carboxylic acids is 1. The van der Waals surface area contributed by atoms with E-state index in [0.29, 0.717) is 30.9 Å². The zero-order valence-corrected chi connectivity index (χ0v) is 18.6. The first-order chi connectivity index (χ1) is 14.6. The van der Waals surface area contributed by atoms with Crippen molar-refractivity contribution in [2.75, 3.05) is 18.4 Å². The van der Waals surface area contributed by atoms with E-state index in [0.717, 1.165) is 24.2 Å². The van der Waals surface area contributed by atoms with Crippen LogP contribution in [0.2, 0.25) is 0 Å².